The Morgan fingerprint density at radius 3 is 1.78 bits per heavy atom. The Bertz CT molecular complexity index is 1500. The summed E-state index contributed by atoms with van der Waals surface area (Å²) in [6, 6.07) is 7.04. The molecule has 1 aromatic heterocycles. The summed E-state index contributed by atoms with van der Waals surface area (Å²) in [6.45, 7) is 13.1. The Morgan fingerprint density at radius 1 is 0.780 bits per heavy atom. The third-order valence-corrected chi connectivity index (χ3v) is 6.55. The van der Waals surface area contributed by atoms with Crippen LogP contribution in [0.3, 0.4) is 0 Å². The molecule has 3 N–H and O–H groups in total. The molecular formula is C34H50F3N7O6. The molecule has 50 heavy (non-hydrogen) atoms. The number of carbonyl (C=O) groups is 3. The first-order valence-corrected chi connectivity index (χ1v) is 16.5. The molecule has 3 amide bonds. The molecule has 0 radical (unpaired) electrons. The molecule has 0 spiro atoms. The number of imidazole rings is 1. The summed E-state index contributed by atoms with van der Waals surface area (Å²) >= 11 is 0. The number of hydrogen-bond acceptors (Lipinski definition) is 8. The number of guanidine groups is 1. The maximum Gasteiger partial charge on any atom is 0.473 e. The summed E-state index contributed by atoms with van der Waals surface area (Å²) in [5.74, 6) is -1.67. The van der Waals surface area contributed by atoms with Crippen LogP contribution in [0.2, 0.25) is 0 Å². The lowest BCUT2D eigenvalue weighted by Gasteiger charge is -2.22. The Morgan fingerprint density at radius 2 is 1.28 bits per heavy atom. The lowest BCUT2D eigenvalue weighted by atomic mass is 10.1. The first-order valence-electron chi connectivity index (χ1n) is 16.5. The maximum absolute atomic E-state index is 13.1. The van der Waals surface area contributed by atoms with E-state index in [0.717, 1.165) is 24.8 Å². The van der Waals surface area contributed by atoms with Crippen molar-refractivity contribution in [2.45, 2.75) is 117 Å². The van der Waals surface area contributed by atoms with Gasteiger partial charge in [0.15, 0.2) is 0 Å². The van der Waals surface area contributed by atoms with Gasteiger partial charge in [0.25, 0.3) is 0 Å². The van der Waals surface area contributed by atoms with Crippen LogP contribution < -0.4 is 21.0 Å². The van der Waals surface area contributed by atoms with Crippen LogP contribution in [-0.4, -0.2) is 69.4 Å². The number of nitrogens with zero attached hydrogens (tertiary/aromatic N) is 4. The third-order valence-electron chi connectivity index (χ3n) is 6.55. The summed E-state index contributed by atoms with van der Waals surface area (Å²) in [5.41, 5.74) is -0.389. The van der Waals surface area contributed by atoms with Crippen molar-refractivity contribution in [1.29, 1.82) is 5.41 Å². The standard InChI is InChI=1S/C34H50F3N7O6/c1-24(38)25-14-16-26(17-15-25)48-23-13-20-44-22-21-43(29(44)40-27(45)34(35,36)37)19-12-10-8-9-11-18-39-28(41-30(46)49-32(2,3)4)42-31(47)50-33(5,6)7/h14-17,21-22,38H,8-13,18-20,23H2,1-7H3,(H2,39,41,42,46,47). The zero-order valence-corrected chi connectivity index (χ0v) is 29.9. The van der Waals surface area contributed by atoms with Crippen molar-refractivity contribution in [3.8, 4) is 5.75 Å². The predicted octanol–water partition coefficient (Wildman–Crippen LogP) is 6.49. The number of unbranched alkanes of at least 4 members (excludes halogenated alkanes) is 4. The Hall–Kier alpha value is -4.63. The van der Waals surface area contributed by atoms with Gasteiger partial charge < -0.3 is 28.8 Å². The quantitative estimate of drug-likeness (QED) is 0.115. The number of aryl methyl sites for hydroxylation is 2. The van der Waals surface area contributed by atoms with Gasteiger partial charge >= 0.3 is 24.3 Å². The van der Waals surface area contributed by atoms with Crippen molar-refractivity contribution < 1.29 is 41.8 Å². The average molecular weight is 710 g/mol. The number of aliphatic imine (C=N–C) groups is 1. The van der Waals surface area contributed by atoms with Gasteiger partial charge in [0.1, 0.15) is 17.0 Å². The van der Waals surface area contributed by atoms with Crippen LogP contribution in [0.4, 0.5) is 22.8 Å². The number of alkyl carbamates (subject to hydrolysis) is 2. The summed E-state index contributed by atoms with van der Waals surface area (Å²) in [4.78, 5) is 43.9. The number of alkyl halides is 3. The van der Waals surface area contributed by atoms with Gasteiger partial charge in [-0.05, 0) is 97.6 Å². The molecular weight excluding hydrogens is 659 g/mol. The van der Waals surface area contributed by atoms with Crippen molar-refractivity contribution in [1.82, 2.24) is 19.8 Å². The molecule has 0 fully saturated rings. The highest BCUT2D eigenvalue weighted by Crippen LogP contribution is 2.16. The van der Waals surface area contributed by atoms with Gasteiger partial charge in [-0.3, -0.25) is 20.4 Å². The van der Waals surface area contributed by atoms with E-state index < -0.39 is 35.5 Å². The molecule has 2 rings (SSSR count). The van der Waals surface area contributed by atoms with Crippen LogP contribution >= 0.6 is 0 Å². The highest BCUT2D eigenvalue weighted by molar-refractivity contribution is 6.01. The molecule has 16 heteroatoms. The summed E-state index contributed by atoms with van der Waals surface area (Å²) in [6.07, 6.45) is 0.548. The van der Waals surface area contributed by atoms with Crippen molar-refractivity contribution >= 4 is 29.8 Å². The number of benzene rings is 1. The Kier molecular flexibility index (Phi) is 15.7. The van der Waals surface area contributed by atoms with Gasteiger partial charge in [-0.25, -0.2) is 9.59 Å². The van der Waals surface area contributed by atoms with Crippen molar-refractivity contribution in [3.05, 3.63) is 47.8 Å². The molecule has 278 valence electrons. The second kappa shape index (κ2) is 18.9. The maximum atomic E-state index is 13.1. The van der Waals surface area contributed by atoms with Crippen LogP contribution in [0, 0.1) is 5.41 Å². The lowest BCUT2D eigenvalue weighted by molar-refractivity contribution is -0.169. The molecule has 0 saturated carbocycles. The first kappa shape index (κ1) is 41.5. The van der Waals surface area contributed by atoms with E-state index in [1.165, 1.54) is 9.13 Å². The second-order valence-electron chi connectivity index (χ2n) is 13.5. The second-order valence-corrected chi connectivity index (χ2v) is 13.5. The van der Waals surface area contributed by atoms with Crippen molar-refractivity contribution in [2.24, 2.45) is 9.98 Å². The minimum absolute atomic E-state index is 0.0880. The van der Waals surface area contributed by atoms with Crippen LogP contribution in [0.1, 0.15) is 92.6 Å². The Labute approximate surface area is 290 Å². The van der Waals surface area contributed by atoms with E-state index in [2.05, 4.69) is 20.6 Å². The zero-order chi connectivity index (χ0) is 37.5. The van der Waals surface area contributed by atoms with Gasteiger partial charge in [-0.1, -0.05) is 19.3 Å². The van der Waals surface area contributed by atoms with E-state index in [4.69, 9.17) is 19.6 Å². The SMILES string of the molecule is CC(=N)c1ccc(OCCCn2ccn(CCCCCCCN=C(NC(=O)OC(C)(C)C)NC(=O)OC(C)(C)C)c2=NC(=O)C(F)(F)F)cc1. The molecule has 0 bridgehead atoms. The summed E-state index contributed by atoms with van der Waals surface area (Å²) in [5, 5.41) is 12.5. The van der Waals surface area contributed by atoms with Gasteiger partial charge in [0.2, 0.25) is 11.6 Å². The first-order chi connectivity index (χ1) is 23.2. The van der Waals surface area contributed by atoms with Crippen molar-refractivity contribution in [2.75, 3.05) is 13.2 Å². The van der Waals surface area contributed by atoms with Gasteiger partial charge in [-0.2, -0.15) is 18.2 Å². The van der Waals surface area contributed by atoms with E-state index in [-0.39, 0.29) is 24.7 Å². The monoisotopic (exact) mass is 709 g/mol. The summed E-state index contributed by atoms with van der Waals surface area (Å²) < 4.78 is 58.5. The topological polar surface area (TPSA) is 161 Å². The largest absolute Gasteiger partial charge is 0.494 e. The van der Waals surface area contributed by atoms with Crippen LogP contribution in [0.5, 0.6) is 5.75 Å². The molecule has 0 aliphatic carbocycles. The highest BCUT2D eigenvalue weighted by atomic mass is 19.4. The Balaban J connectivity index is 1.91. The normalized spacial score (nSPS) is 12.2. The zero-order valence-electron chi connectivity index (χ0n) is 29.9. The van der Waals surface area contributed by atoms with Gasteiger partial charge in [0, 0.05) is 37.7 Å². The van der Waals surface area contributed by atoms with Gasteiger partial charge in [0.05, 0.1) is 6.61 Å². The molecule has 2 aromatic rings. The molecule has 1 aromatic carbocycles. The fourth-order valence-electron chi connectivity index (χ4n) is 4.34. The van der Waals surface area contributed by atoms with E-state index >= 15 is 0 Å². The fraction of sp³-hybridized carbons (Fsp3) is 0.588. The number of halogens is 3. The number of nitrogens with one attached hydrogen (secondary N) is 3. The number of aromatic nitrogens is 2. The number of rotatable bonds is 14. The van der Waals surface area contributed by atoms with E-state index in [1.807, 2.05) is 0 Å². The van der Waals surface area contributed by atoms with Crippen LogP contribution in [0.15, 0.2) is 46.6 Å². The molecule has 1 heterocycles. The average Bonchev–Trinajstić information content (AvgIpc) is 3.35. The molecule has 0 unspecified atom stereocenters. The molecule has 0 aliphatic rings. The van der Waals surface area contributed by atoms with Crippen LogP contribution in [0.25, 0.3) is 0 Å². The molecule has 0 saturated heterocycles. The van der Waals surface area contributed by atoms with Crippen LogP contribution in [-0.2, 0) is 27.4 Å². The number of amides is 3. The summed E-state index contributed by atoms with van der Waals surface area (Å²) in [7, 11) is 0. The number of hydrogen-bond donors (Lipinski definition) is 3. The predicted molar refractivity (Wildman–Crippen MR) is 182 cm³/mol. The van der Waals surface area contributed by atoms with E-state index in [9.17, 15) is 27.6 Å². The number of ether oxygens (including phenoxy) is 3. The lowest BCUT2D eigenvalue weighted by Crippen LogP contribution is -2.47. The minimum atomic E-state index is -5.09. The minimum Gasteiger partial charge on any atom is -0.494 e. The third kappa shape index (κ3) is 16.7. The smallest absolute Gasteiger partial charge is 0.473 e. The molecule has 0 atom stereocenters. The highest BCUT2D eigenvalue weighted by Gasteiger charge is 2.38. The molecule has 0 aliphatic heterocycles. The van der Waals surface area contributed by atoms with E-state index in [1.54, 1.807) is 85.1 Å². The van der Waals surface area contributed by atoms with E-state index in [0.29, 0.717) is 43.8 Å². The molecule has 13 nitrogen and oxygen atoms in total. The van der Waals surface area contributed by atoms with Crippen molar-refractivity contribution in [3.63, 3.8) is 0 Å². The van der Waals surface area contributed by atoms with Gasteiger partial charge in [-0.15, -0.1) is 0 Å². The fourth-order valence-corrected chi connectivity index (χ4v) is 4.34. The number of carbonyl (C=O) groups excluding carboxylic acids is 3.